The summed E-state index contributed by atoms with van der Waals surface area (Å²) in [6, 6.07) is 0. The molecule has 2 aliphatic heterocycles. The number of H-pyrrole nitrogens is 1. The number of fused-ring (bicyclic) bond motifs is 2. The minimum absolute atomic E-state index is 0.00920. The number of ether oxygens (including phenoxy) is 2. The first-order chi connectivity index (χ1) is 21.4. The normalized spacial score (nSPS) is 30.3. The number of hydrogen-bond acceptors (Lipinski definition) is 16. The van der Waals surface area contributed by atoms with Gasteiger partial charge in [-0.1, -0.05) is 0 Å². The molecule has 0 saturated carbocycles. The number of anilines is 2. The van der Waals surface area contributed by atoms with Gasteiger partial charge in [0.2, 0.25) is 5.95 Å². The van der Waals surface area contributed by atoms with Crippen LogP contribution in [0, 0.1) is 0 Å². The number of nitrogens with two attached hydrogens (primary N) is 2. The number of nitrogens with zero attached hydrogens (tertiary/aromatic N) is 7. The van der Waals surface area contributed by atoms with Crippen LogP contribution in [0.3, 0.4) is 0 Å². The smallest absolute Gasteiger partial charge is 0.394 e. The van der Waals surface area contributed by atoms with E-state index in [4.69, 9.17) is 46.3 Å². The second-order valence-electron chi connectivity index (χ2n) is 9.70. The standard InChI is InChI=1S/C20H22F2N10O10P2S/c21-8-6(1-33)39-19(32-5-28-11-16(32)29-20(24)30-17(11)34)13(8)42-44(37,45)38-2-7-12(41-43(35)36)9(22)18(40-7)31-4-27-10-14(23)25-3-26-15(10)31/h3-9,12-13,18-19,33H,1-2H2,(H6-,23,24,25,26,29,30,34,35,36,37,45)/p+1/t6-,7-,8-,9+,12-,13-,18-,19-,44?/m1/s1. The van der Waals surface area contributed by atoms with Crippen molar-refractivity contribution in [3.05, 3.63) is 29.3 Å². The van der Waals surface area contributed by atoms with Crippen molar-refractivity contribution >= 4 is 60.9 Å². The van der Waals surface area contributed by atoms with Crippen LogP contribution >= 0.6 is 15.0 Å². The zero-order valence-electron chi connectivity index (χ0n) is 22.3. The van der Waals surface area contributed by atoms with Crippen molar-refractivity contribution in [1.29, 1.82) is 0 Å². The van der Waals surface area contributed by atoms with Crippen LogP contribution < -0.4 is 17.0 Å². The Balaban J connectivity index is 1.22. The van der Waals surface area contributed by atoms with Gasteiger partial charge in [-0.3, -0.25) is 23.4 Å². The lowest BCUT2D eigenvalue weighted by Gasteiger charge is -2.26. The summed E-state index contributed by atoms with van der Waals surface area (Å²) in [5.41, 5.74) is 10.7. The number of aromatic amines is 1. The van der Waals surface area contributed by atoms with Crippen LogP contribution in [-0.4, -0.2) is 104 Å². The third-order valence-corrected chi connectivity index (χ3v) is 8.95. The van der Waals surface area contributed by atoms with Crippen LogP contribution in [0.5, 0.6) is 0 Å². The van der Waals surface area contributed by atoms with Gasteiger partial charge in [0.05, 0.1) is 25.9 Å². The Bertz CT molecular complexity index is 1870. The molecule has 8 N–H and O–H groups in total. The number of hydrogen-bond donors (Lipinski definition) is 6. The Kier molecular flexibility index (Phi) is 8.60. The zero-order chi connectivity index (χ0) is 32.2. The number of alkyl halides is 2. The van der Waals surface area contributed by atoms with Crippen molar-refractivity contribution < 1.29 is 51.3 Å². The fraction of sp³-hybridized carbons (Fsp3) is 0.500. The average molecular weight is 695 g/mol. The summed E-state index contributed by atoms with van der Waals surface area (Å²) in [7, 11) is -3.33. The Morgan fingerprint density at radius 1 is 1.04 bits per heavy atom. The molecule has 45 heavy (non-hydrogen) atoms. The van der Waals surface area contributed by atoms with Gasteiger partial charge in [-0.25, -0.2) is 28.7 Å². The molecule has 4 aromatic heterocycles. The van der Waals surface area contributed by atoms with E-state index in [0.717, 1.165) is 21.8 Å². The van der Waals surface area contributed by atoms with E-state index in [-0.39, 0.29) is 34.1 Å². The second kappa shape index (κ2) is 12.2. The molecule has 0 spiro atoms. The predicted molar refractivity (Wildman–Crippen MR) is 149 cm³/mol. The van der Waals surface area contributed by atoms with Crippen LogP contribution in [0.15, 0.2) is 23.8 Å². The number of aromatic nitrogens is 8. The highest BCUT2D eigenvalue weighted by molar-refractivity contribution is 8.07. The Hall–Kier alpha value is -3.21. The molecule has 10 atom stereocenters. The highest BCUT2D eigenvalue weighted by Gasteiger charge is 2.53. The molecule has 0 bridgehead atoms. The van der Waals surface area contributed by atoms with E-state index in [0.29, 0.717) is 0 Å². The Labute approximate surface area is 254 Å². The summed E-state index contributed by atoms with van der Waals surface area (Å²) in [6.07, 6.45) is -10.2. The fourth-order valence-electron chi connectivity index (χ4n) is 5.00. The highest BCUT2D eigenvalue weighted by atomic mass is 32.5. The largest absolute Gasteiger partial charge is 0.695 e. The van der Waals surface area contributed by atoms with E-state index < -0.39 is 83.0 Å². The maximum absolute atomic E-state index is 15.6. The van der Waals surface area contributed by atoms with Crippen LogP contribution in [0.1, 0.15) is 12.5 Å². The number of halogens is 2. The highest BCUT2D eigenvalue weighted by Crippen LogP contribution is 2.51. The number of aliphatic hydroxyl groups is 1. The lowest BCUT2D eigenvalue weighted by Crippen LogP contribution is -2.34. The van der Waals surface area contributed by atoms with Crippen LogP contribution in [0.25, 0.3) is 22.3 Å². The van der Waals surface area contributed by atoms with E-state index >= 15 is 8.78 Å². The summed E-state index contributed by atoms with van der Waals surface area (Å²) in [6.45, 7) is -6.02. The lowest BCUT2D eigenvalue weighted by atomic mass is 10.1. The van der Waals surface area contributed by atoms with Crippen molar-refractivity contribution in [2.24, 2.45) is 0 Å². The monoisotopic (exact) mass is 695 g/mol. The predicted octanol–water partition coefficient (Wildman–Crippen LogP) is -0.759. The summed E-state index contributed by atoms with van der Waals surface area (Å²) in [4.78, 5) is 54.5. The molecule has 2 fully saturated rings. The third kappa shape index (κ3) is 5.92. The molecule has 242 valence electrons. The number of imidazole rings is 2. The van der Waals surface area contributed by atoms with Crippen molar-refractivity contribution in [3.8, 4) is 0 Å². The van der Waals surface area contributed by atoms with E-state index in [1.165, 1.54) is 6.33 Å². The van der Waals surface area contributed by atoms with E-state index in [1.54, 1.807) is 0 Å². The molecule has 6 rings (SSSR count). The molecule has 0 amide bonds. The van der Waals surface area contributed by atoms with Crippen molar-refractivity contribution in [2.45, 2.75) is 49.2 Å². The van der Waals surface area contributed by atoms with Crippen molar-refractivity contribution in [1.82, 2.24) is 39.0 Å². The first-order valence-corrected chi connectivity index (χ1v) is 16.4. The maximum atomic E-state index is 15.6. The molecule has 2 saturated heterocycles. The molecular weight excluding hydrogens is 672 g/mol. The first kappa shape index (κ1) is 31.8. The van der Waals surface area contributed by atoms with Gasteiger partial charge < -0.3 is 35.5 Å². The molecule has 20 nitrogen and oxygen atoms in total. The summed E-state index contributed by atoms with van der Waals surface area (Å²) < 4.78 is 71.8. The average Bonchev–Trinajstić information content (AvgIpc) is 3.73. The van der Waals surface area contributed by atoms with Gasteiger partial charge in [0, 0.05) is 4.57 Å². The summed E-state index contributed by atoms with van der Waals surface area (Å²) >= 11 is 5.08. The molecule has 25 heteroatoms. The van der Waals surface area contributed by atoms with Gasteiger partial charge in [0.25, 0.3) is 5.56 Å². The number of nitrogens with one attached hydrogen (secondary N) is 1. The van der Waals surface area contributed by atoms with Crippen LogP contribution in [-0.2, 0) is 39.4 Å². The van der Waals surface area contributed by atoms with Gasteiger partial charge >= 0.3 is 15.0 Å². The molecular formula is C20H23F2N10O10P2S+. The van der Waals surface area contributed by atoms with Gasteiger partial charge in [-0.15, -0.1) is 9.42 Å². The van der Waals surface area contributed by atoms with Crippen molar-refractivity contribution in [3.63, 3.8) is 0 Å². The molecule has 2 aliphatic rings. The van der Waals surface area contributed by atoms with E-state index in [1.807, 2.05) is 0 Å². The van der Waals surface area contributed by atoms with Gasteiger partial charge in [0.1, 0.15) is 30.2 Å². The molecule has 4 aromatic rings. The molecule has 0 aromatic carbocycles. The van der Waals surface area contributed by atoms with E-state index in [2.05, 4.69) is 29.9 Å². The quantitative estimate of drug-likeness (QED) is 0.111. The molecule has 0 radical (unpaired) electrons. The minimum atomic E-state index is -4.46. The molecule has 6 heterocycles. The van der Waals surface area contributed by atoms with Gasteiger partial charge in [0.15, 0.2) is 53.5 Å². The summed E-state index contributed by atoms with van der Waals surface area (Å²) in [5.74, 6) is -0.271. The number of aliphatic hydroxyl groups excluding tert-OH is 1. The lowest BCUT2D eigenvalue weighted by molar-refractivity contribution is -0.0542. The van der Waals surface area contributed by atoms with Gasteiger partial charge in [-0.2, -0.15) is 4.98 Å². The van der Waals surface area contributed by atoms with Gasteiger partial charge in [-0.05, 0) is 11.8 Å². The zero-order valence-corrected chi connectivity index (χ0v) is 24.9. The van der Waals surface area contributed by atoms with E-state index in [9.17, 15) is 24.3 Å². The Morgan fingerprint density at radius 2 is 1.73 bits per heavy atom. The third-order valence-electron chi connectivity index (χ3n) is 6.97. The van der Waals surface area contributed by atoms with Crippen molar-refractivity contribution in [2.75, 3.05) is 24.7 Å². The Morgan fingerprint density at radius 3 is 2.44 bits per heavy atom. The summed E-state index contributed by atoms with van der Waals surface area (Å²) in [5, 5.41) is 9.65. The minimum Gasteiger partial charge on any atom is -0.394 e. The molecule has 2 unspecified atom stereocenters. The second-order valence-corrected chi connectivity index (χ2v) is 13.2. The fourth-order valence-corrected chi connectivity index (χ4v) is 6.86. The maximum Gasteiger partial charge on any atom is 0.695 e. The van der Waals surface area contributed by atoms with Crippen LogP contribution in [0.4, 0.5) is 20.5 Å². The number of nitrogen functional groups attached to an aromatic ring is 2. The molecule has 0 aliphatic carbocycles. The topological polar surface area (TPSA) is 283 Å². The SMILES string of the molecule is Nc1nc2c(ncn2[C@@H]2O[C@H](CO)[C@@H](F)[C@H]2OP(O)(=S)OC[C@H]2O[C@@H](n3cnc4c(N)ncnc43)[C@@H](F)[C@@H]2O[P+](=O)O)c(=O)[nH]1. The van der Waals surface area contributed by atoms with Crippen LogP contribution in [0.2, 0.25) is 0 Å². The number of rotatable bonds is 10. The first-order valence-electron chi connectivity index (χ1n) is 12.7.